The van der Waals surface area contributed by atoms with Gasteiger partial charge in [-0.25, -0.2) is 4.79 Å². The molecule has 2 aromatic rings. The van der Waals surface area contributed by atoms with Crippen molar-refractivity contribution in [1.29, 1.82) is 0 Å². The fourth-order valence-electron chi connectivity index (χ4n) is 1.73. The van der Waals surface area contributed by atoms with Crippen LogP contribution in [0.15, 0.2) is 48.5 Å². The number of carboxylic acid groups (broad SMARTS) is 1. The van der Waals surface area contributed by atoms with Gasteiger partial charge in [-0.15, -0.1) is 0 Å². The standard InChI is InChI=1S/C15H11F3O3/c16-15(17,18)12-3-1-2-4-13(12)21-9-10-5-7-11(8-6-10)14(19)20/h1-8H,9H2,(H,19,20). The Labute approximate surface area is 118 Å². The van der Waals surface area contributed by atoms with Crippen molar-refractivity contribution in [3.63, 3.8) is 0 Å². The van der Waals surface area contributed by atoms with Crippen molar-refractivity contribution < 1.29 is 27.8 Å². The summed E-state index contributed by atoms with van der Waals surface area (Å²) in [5.74, 6) is -1.32. The minimum atomic E-state index is -4.48. The maximum atomic E-state index is 12.8. The second-order valence-electron chi connectivity index (χ2n) is 4.28. The first kappa shape index (κ1) is 14.9. The normalized spacial score (nSPS) is 11.2. The van der Waals surface area contributed by atoms with E-state index in [1.54, 1.807) is 0 Å². The molecule has 110 valence electrons. The molecule has 3 nitrogen and oxygen atoms in total. The number of hydrogen-bond acceptors (Lipinski definition) is 2. The molecule has 0 radical (unpaired) electrons. The van der Waals surface area contributed by atoms with Gasteiger partial charge in [-0.05, 0) is 29.8 Å². The van der Waals surface area contributed by atoms with E-state index >= 15 is 0 Å². The Morgan fingerprint density at radius 1 is 1.05 bits per heavy atom. The smallest absolute Gasteiger partial charge is 0.419 e. The second-order valence-corrected chi connectivity index (χ2v) is 4.28. The Morgan fingerprint density at radius 3 is 2.24 bits per heavy atom. The molecule has 21 heavy (non-hydrogen) atoms. The van der Waals surface area contributed by atoms with Gasteiger partial charge in [0.05, 0.1) is 11.1 Å². The van der Waals surface area contributed by atoms with Gasteiger partial charge in [0.25, 0.3) is 0 Å². The van der Waals surface area contributed by atoms with Gasteiger partial charge < -0.3 is 9.84 Å². The summed E-state index contributed by atoms with van der Waals surface area (Å²) in [6, 6.07) is 10.7. The van der Waals surface area contributed by atoms with Crippen LogP contribution in [0.1, 0.15) is 21.5 Å². The Kier molecular flexibility index (Phi) is 4.16. The lowest BCUT2D eigenvalue weighted by atomic mass is 10.1. The van der Waals surface area contributed by atoms with E-state index < -0.39 is 17.7 Å². The van der Waals surface area contributed by atoms with Crippen molar-refractivity contribution in [1.82, 2.24) is 0 Å². The minimum Gasteiger partial charge on any atom is -0.488 e. The Hall–Kier alpha value is -2.50. The zero-order valence-corrected chi connectivity index (χ0v) is 10.7. The van der Waals surface area contributed by atoms with Gasteiger partial charge in [0.15, 0.2) is 0 Å². The highest BCUT2D eigenvalue weighted by Gasteiger charge is 2.33. The summed E-state index contributed by atoms with van der Waals surface area (Å²) in [6.07, 6.45) is -4.48. The number of benzene rings is 2. The maximum absolute atomic E-state index is 12.8. The van der Waals surface area contributed by atoms with Crippen LogP contribution in [0.3, 0.4) is 0 Å². The third-order valence-corrected chi connectivity index (χ3v) is 2.79. The van der Waals surface area contributed by atoms with Crippen molar-refractivity contribution in [2.45, 2.75) is 12.8 Å². The molecule has 1 N–H and O–H groups in total. The number of alkyl halides is 3. The van der Waals surface area contributed by atoms with Crippen LogP contribution in [-0.2, 0) is 12.8 Å². The number of aromatic carboxylic acids is 1. The first-order valence-electron chi connectivity index (χ1n) is 5.99. The predicted molar refractivity (Wildman–Crippen MR) is 69.2 cm³/mol. The van der Waals surface area contributed by atoms with Crippen molar-refractivity contribution >= 4 is 5.97 Å². The van der Waals surface area contributed by atoms with E-state index in [0.29, 0.717) is 5.56 Å². The summed E-state index contributed by atoms with van der Waals surface area (Å²) in [6.45, 7) is -0.0764. The summed E-state index contributed by atoms with van der Waals surface area (Å²) < 4.78 is 43.5. The van der Waals surface area contributed by atoms with Crippen LogP contribution in [0.2, 0.25) is 0 Å². The summed E-state index contributed by atoms with van der Waals surface area (Å²) in [4.78, 5) is 10.7. The Morgan fingerprint density at radius 2 is 1.67 bits per heavy atom. The molecular weight excluding hydrogens is 285 g/mol. The van der Waals surface area contributed by atoms with Crippen molar-refractivity contribution in [2.24, 2.45) is 0 Å². The molecule has 0 amide bonds. The second kappa shape index (κ2) is 5.87. The molecule has 0 saturated heterocycles. The van der Waals surface area contributed by atoms with Crippen LogP contribution in [0.4, 0.5) is 13.2 Å². The molecule has 0 spiro atoms. The SMILES string of the molecule is O=C(O)c1ccc(COc2ccccc2C(F)(F)F)cc1. The van der Waals surface area contributed by atoms with Gasteiger partial charge in [-0.2, -0.15) is 13.2 Å². The average Bonchev–Trinajstić information content (AvgIpc) is 2.45. The number of ether oxygens (including phenoxy) is 1. The lowest BCUT2D eigenvalue weighted by Crippen LogP contribution is -2.08. The third-order valence-electron chi connectivity index (χ3n) is 2.79. The molecule has 0 unspecified atom stereocenters. The molecule has 2 rings (SSSR count). The molecule has 0 heterocycles. The fraction of sp³-hybridized carbons (Fsp3) is 0.133. The lowest BCUT2D eigenvalue weighted by molar-refractivity contribution is -0.139. The number of carbonyl (C=O) groups is 1. The number of halogens is 3. The highest BCUT2D eigenvalue weighted by molar-refractivity contribution is 5.87. The monoisotopic (exact) mass is 296 g/mol. The molecule has 6 heteroatoms. The van der Waals surface area contributed by atoms with Crippen LogP contribution in [0, 0.1) is 0 Å². The molecule has 0 aliphatic heterocycles. The van der Waals surface area contributed by atoms with E-state index in [2.05, 4.69) is 0 Å². The summed E-state index contributed by atoms with van der Waals surface area (Å²) >= 11 is 0. The highest BCUT2D eigenvalue weighted by atomic mass is 19.4. The van der Waals surface area contributed by atoms with Gasteiger partial charge in [0.1, 0.15) is 12.4 Å². The number of rotatable bonds is 4. The van der Waals surface area contributed by atoms with E-state index in [1.165, 1.54) is 42.5 Å². The van der Waals surface area contributed by atoms with E-state index in [-0.39, 0.29) is 17.9 Å². The van der Waals surface area contributed by atoms with Crippen LogP contribution in [0.5, 0.6) is 5.75 Å². The van der Waals surface area contributed by atoms with Crippen molar-refractivity contribution in [3.05, 3.63) is 65.2 Å². The zero-order valence-electron chi connectivity index (χ0n) is 10.7. The minimum absolute atomic E-state index is 0.0764. The molecular formula is C15H11F3O3. The summed E-state index contributed by atoms with van der Waals surface area (Å²) in [5, 5.41) is 8.75. The van der Waals surface area contributed by atoms with Gasteiger partial charge in [-0.3, -0.25) is 0 Å². The van der Waals surface area contributed by atoms with Gasteiger partial charge in [-0.1, -0.05) is 24.3 Å². The molecule has 0 aliphatic carbocycles. The fourth-order valence-corrected chi connectivity index (χ4v) is 1.73. The zero-order chi connectivity index (χ0) is 15.5. The first-order chi connectivity index (χ1) is 9.88. The third kappa shape index (κ3) is 3.75. The van der Waals surface area contributed by atoms with E-state index in [9.17, 15) is 18.0 Å². The quantitative estimate of drug-likeness (QED) is 0.928. The predicted octanol–water partition coefficient (Wildman–Crippen LogP) is 3.98. The van der Waals surface area contributed by atoms with E-state index in [0.717, 1.165) is 6.07 Å². The van der Waals surface area contributed by atoms with Crippen LogP contribution in [0.25, 0.3) is 0 Å². The first-order valence-corrected chi connectivity index (χ1v) is 5.99. The lowest BCUT2D eigenvalue weighted by Gasteiger charge is -2.13. The largest absolute Gasteiger partial charge is 0.488 e. The molecule has 2 aromatic carbocycles. The van der Waals surface area contributed by atoms with Gasteiger partial charge in [0, 0.05) is 0 Å². The highest BCUT2D eigenvalue weighted by Crippen LogP contribution is 2.36. The summed E-state index contributed by atoms with van der Waals surface area (Å²) in [5.41, 5.74) is -0.154. The average molecular weight is 296 g/mol. The Balaban J connectivity index is 2.12. The molecule has 0 atom stereocenters. The molecule has 0 fully saturated rings. The number of carboxylic acids is 1. The molecule has 0 saturated carbocycles. The van der Waals surface area contributed by atoms with Crippen LogP contribution in [-0.4, -0.2) is 11.1 Å². The topological polar surface area (TPSA) is 46.5 Å². The Bertz CT molecular complexity index is 633. The number of para-hydroxylation sites is 1. The van der Waals surface area contributed by atoms with E-state index in [4.69, 9.17) is 9.84 Å². The van der Waals surface area contributed by atoms with Crippen molar-refractivity contribution in [2.75, 3.05) is 0 Å². The van der Waals surface area contributed by atoms with Crippen LogP contribution < -0.4 is 4.74 Å². The molecule has 0 aliphatic rings. The van der Waals surface area contributed by atoms with Crippen molar-refractivity contribution in [3.8, 4) is 5.75 Å². The maximum Gasteiger partial charge on any atom is 0.419 e. The van der Waals surface area contributed by atoms with Gasteiger partial charge in [0.2, 0.25) is 0 Å². The number of hydrogen-bond donors (Lipinski definition) is 1. The molecule has 0 bridgehead atoms. The van der Waals surface area contributed by atoms with E-state index in [1.807, 2.05) is 0 Å². The molecule has 0 aromatic heterocycles. The van der Waals surface area contributed by atoms with Gasteiger partial charge >= 0.3 is 12.1 Å². The summed E-state index contributed by atoms with van der Waals surface area (Å²) in [7, 11) is 0. The van der Waals surface area contributed by atoms with Crippen LogP contribution >= 0.6 is 0 Å².